The van der Waals surface area contributed by atoms with E-state index in [4.69, 9.17) is 20.0 Å². The zero-order valence-corrected chi connectivity index (χ0v) is 27.7. The molecule has 5 aromatic rings. The minimum atomic E-state index is -3.17. The molecule has 0 saturated carbocycles. The highest BCUT2D eigenvalue weighted by Gasteiger charge is 2.25. The second-order valence-corrected chi connectivity index (χ2v) is 14.9. The number of fused-ring (bicyclic) bond motifs is 2. The molecular formula is C33H35N9O3S2. The van der Waals surface area contributed by atoms with Crippen molar-refractivity contribution in [3.8, 4) is 6.07 Å². The Morgan fingerprint density at radius 3 is 2.53 bits per heavy atom. The molecule has 0 aliphatic carbocycles. The van der Waals surface area contributed by atoms with Crippen LogP contribution in [0.3, 0.4) is 0 Å². The molecule has 2 saturated heterocycles. The first-order valence-corrected chi connectivity index (χ1v) is 18.2. The largest absolute Gasteiger partial charge is 0.378 e. The van der Waals surface area contributed by atoms with Gasteiger partial charge in [0.25, 0.3) is 0 Å². The molecule has 0 amide bonds. The van der Waals surface area contributed by atoms with E-state index in [1.54, 1.807) is 21.9 Å². The summed E-state index contributed by atoms with van der Waals surface area (Å²) in [6.45, 7) is 6.56. The molecule has 2 aliphatic rings. The number of nitrogens with zero attached hydrogens (tertiary/aromatic N) is 8. The first-order chi connectivity index (χ1) is 22.8. The van der Waals surface area contributed by atoms with Crippen molar-refractivity contribution in [2.45, 2.75) is 13.1 Å². The smallest absolute Gasteiger partial charge is 0.246 e. The number of aromatic nitrogens is 3. The number of ether oxygens (including phenoxy) is 1. The van der Waals surface area contributed by atoms with Crippen LogP contribution in [0.25, 0.3) is 21.1 Å². The molecule has 242 valence electrons. The quantitative estimate of drug-likeness (QED) is 0.183. The molecule has 7 rings (SSSR count). The number of hydrogen-bond donors (Lipinski definition) is 1. The summed E-state index contributed by atoms with van der Waals surface area (Å²) < 4.78 is 34.3. The Hall–Kier alpha value is -4.39. The number of rotatable bonds is 9. The monoisotopic (exact) mass is 669 g/mol. The first kappa shape index (κ1) is 31.2. The van der Waals surface area contributed by atoms with E-state index < -0.39 is 10.0 Å². The van der Waals surface area contributed by atoms with Crippen LogP contribution < -0.4 is 10.3 Å². The second kappa shape index (κ2) is 13.4. The lowest BCUT2D eigenvalue weighted by Crippen LogP contribution is -2.47. The molecule has 12 nitrogen and oxygen atoms in total. The van der Waals surface area contributed by atoms with E-state index >= 15 is 0 Å². The average Bonchev–Trinajstić information content (AvgIpc) is 3.65. The van der Waals surface area contributed by atoms with Crippen LogP contribution in [-0.4, -0.2) is 97.1 Å². The van der Waals surface area contributed by atoms with Gasteiger partial charge in [-0.15, -0.1) is 11.3 Å². The van der Waals surface area contributed by atoms with E-state index in [2.05, 4.69) is 55.4 Å². The van der Waals surface area contributed by atoms with Crippen LogP contribution in [0.5, 0.6) is 0 Å². The van der Waals surface area contributed by atoms with Crippen molar-refractivity contribution < 1.29 is 13.2 Å². The summed E-state index contributed by atoms with van der Waals surface area (Å²) in [6, 6.07) is 20.2. The normalized spacial score (nSPS) is 16.7. The second-order valence-electron chi connectivity index (χ2n) is 11.7. The van der Waals surface area contributed by atoms with Crippen LogP contribution in [0, 0.1) is 11.3 Å². The fourth-order valence-electron chi connectivity index (χ4n) is 6.07. The summed E-state index contributed by atoms with van der Waals surface area (Å²) in [6.07, 6.45) is 5.15. The lowest BCUT2D eigenvalue weighted by Gasteiger charge is -2.32. The number of nitriles is 1. The van der Waals surface area contributed by atoms with Gasteiger partial charge in [0.05, 0.1) is 47.5 Å². The van der Waals surface area contributed by atoms with Gasteiger partial charge in [0.1, 0.15) is 0 Å². The Balaban J connectivity index is 1.12. The molecule has 2 fully saturated rings. The van der Waals surface area contributed by atoms with E-state index in [0.717, 1.165) is 62.6 Å². The number of piperazine rings is 1. The van der Waals surface area contributed by atoms with Crippen LogP contribution in [0.15, 0.2) is 65.9 Å². The van der Waals surface area contributed by atoms with Gasteiger partial charge in [0, 0.05) is 79.9 Å². The fourth-order valence-corrected chi connectivity index (χ4v) is 8.05. The molecule has 2 aliphatic heterocycles. The van der Waals surface area contributed by atoms with Gasteiger partial charge < -0.3 is 14.2 Å². The number of para-hydroxylation sites is 1. The van der Waals surface area contributed by atoms with Gasteiger partial charge in [0.15, 0.2) is 5.82 Å². The van der Waals surface area contributed by atoms with Crippen molar-refractivity contribution >= 4 is 60.5 Å². The Labute approximate surface area is 277 Å². The van der Waals surface area contributed by atoms with Crippen LogP contribution in [0.1, 0.15) is 21.6 Å². The maximum absolute atomic E-state index is 11.9. The highest BCUT2D eigenvalue weighted by Crippen LogP contribution is 2.34. The number of anilines is 2. The molecule has 5 heterocycles. The highest BCUT2D eigenvalue weighted by molar-refractivity contribution is 7.88. The van der Waals surface area contributed by atoms with Crippen molar-refractivity contribution in [2.75, 3.05) is 69.1 Å². The molecule has 0 bridgehead atoms. The highest BCUT2D eigenvalue weighted by atomic mass is 32.2. The summed E-state index contributed by atoms with van der Waals surface area (Å²) >= 11 is 1.69. The minimum Gasteiger partial charge on any atom is -0.378 e. The number of thiophene rings is 1. The topological polar surface area (TPSA) is 132 Å². The predicted octanol–water partition coefficient (Wildman–Crippen LogP) is 3.93. The maximum atomic E-state index is 11.9. The Morgan fingerprint density at radius 2 is 1.79 bits per heavy atom. The minimum absolute atomic E-state index is 0.419. The van der Waals surface area contributed by atoms with E-state index in [1.165, 1.54) is 6.26 Å². The predicted molar refractivity (Wildman–Crippen MR) is 186 cm³/mol. The third kappa shape index (κ3) is 6.99. The number of nitrogens with one attached hydrogen (secondary N) is 1. The Bertz CT molecular complexity index is 2070. The van der Waals surface area contributed by atoms with Crippen LogP contribution in [0.4, 0.5) is 11.8 Å². The molecule has 0 spiro atoms. The Morgan fingerprint density at radius 1 is 1.02 bits per heavy atom. The average molecular weight is 670 g/mol. The van der Waals surface area contributed by atoms with Gasteiger partial charge in [0.2, 0.25) is 16.0 Å². The molecule has 0 unspecified atom stereocenters. The number of sulfonamides is 1. The van der Waals surface area contributed by atoms with Gasteiger partial charge in [-0.3, -0.25) is 4.90 Å². The number of benzene rings is 2. The van der Waals surface area contributed by atoms with Crippen LogP contribution in [-0.2, 0) is 27.8 Å². The van der Waals surface area contributed by atoms with Crippen LogP contribution >= 0.6 is 11.3 Å². The standard InChI is InChI=1S/C33H35N9O3S2/c1-47(43,44)42-12-10-39(11-13-42)23-27-18-29-31(46-27)32(40-14-16-45-17-15-40)37-33(36-29)38-35-20-26-22-41(30-5-3-2-4-28(26)30)21-25-8-6-24(19-34)7-9-25/h2-9,18,20,22H,10-17,21,23H2,1H3,(H,36,37,38)/b35-20+. The maximum Gasteiger partial charge on any atom is 0.246 e. The molecule has 2 aromatic carbocycles. The number of hydrazone groups is 1. The molecule has 14 heteroatoms. The first-order valence-electron chi connectivity index (χ1n) is 15.5. The van der Waals surface area contributed by atoms with Crippen molar-refractivity contribution in [3.63, 3.8) is 0 Å². The summed E-state index contributed by atoms with van der Waals surface area (Å²) in [7, 11) is -3.17. The SMILES string of the molecule is CS(=O)(=O)N1CCN(Cc2cc3nc(N/N=C/c4cn(Cc5ccc(C#N)cc5)c5ccccc45)nc(N4CCOCC4)c3s2)CC1. The van der Waals surface area contributed by atoms with Gasteiger partial charge in [-0.2, -0.15) is 19.7 Å². The molecular weight excluding hydrogens is 635 g/mol. The van der Waals surface area contributed by atoms with E-state index in [0.29, 0.717) is 57.4 Å². The van der Waals surface area contributed by atoms with Crippen molar-refractivity contribution in [1.29, 1.82) is 5.26 Å². The summed E-state index contributed by atoms with van der Waals surface area (Å²) in [4.78, 5) is 15.4. The van der Waals surface area contributed by atoms with E-state index in [1.807, 2.05) is 36.4 Å². The lowest BCUT2D eigenvalue weighted by molar-refractivity contribution is 0.122. The van der Waals surface area contributed by atoms with Crippen molar-refractivity contribution in [1.82, 2.24) is 23.7 Å². The van der Waals surface area contributed by atoms with Crippen LogP contribution in [0.2, 0.25) is 0 Å². The summed E-state index contributed by atoms with van der Waals surface area (Å²) in [5, 5.41) is 14.8. The summed E-state index contributed by atoms with van der Waals surface area (Å²) in [5.41, 5.74) is 7.75. The number of morpholine rings is 1. The number of hydrogen-bond acceptors (Lipinski definition) is 11. The van der Waals surface area contributed by atoms with Gasteiger partial charge >= 0.3 is 0 Å². The van der Waals surface area contributed by atoms with E-state index in [-0.39, 0.29) is 0 Å². The fraction of sp³-hybridized carbons (Fsp3) is 0.333. The molecule has 1 N–H and O–H groups in total. The molecule has 0 atom stereocenters. The van der Waals surface area contributed by atoms with E-state index in [9.17, 15) is 8.42 Å². The third-order valence-electron chi connectivity index (χ3n) is 8.52. The van der Waals surface area contributed by atoms with Gasteiger partial charge in [-0.25, -0.2) is 18.8 Å². The van der Waals surface area contributed by atoms with Gasteiger partial charge in [-0.05, 0) is 29.8 Å². The Kier molecular flexibility index (Phi) is 8.89. The molecule has 47 heavy (non-hydrogen) atoms. The molecule has 3 aromatic heterocycles. The third-order valence-corrected chi connectivity index (χ3v) is 10.9. The molecule has 0 radical (unpaired) electrons. The zero-order valence-electron chi connectivity index (χ0n) is 26.0. The summed E-state index contributed by atoms with van der Waals surface area (Å²) in [5.74, 6) is 1.29. The van der Waals surface area contributed by atoms with Gasteiger partial charge in [-0.1, -0.05) is 30.3 Å². The van der Waals surface area contributed by atoms with Crippen molar-refractivity contribution in [2.24, 2.45) is 5.10 Å². The zero-order chi connectivity index (χ0) is 32.4. The van der Waals surface area contributed by atoms with Crippen molar-refractivity contribution in [3.05, 3.63) is 82.4 Å². The lowest BCUT2D eigenvalue weighted by atomic mass is 10.1.